The van der Waals surface area contributed by atoms with Crippen molar-refractivity contribution in [2.24, 2.45) is 0 Å². The summed E-state index contributed by atoms with van der Waals surface area (Å²) in [6.07, 6.45) is -0.193. The molecule has 2 amide bonds. The van der Waals surface area contributed by atoms with Crippen molar-refractivity contribution in [3.8, 4) is 5.75 Å². The topological polar surface area (TPSA) is 93.7 Å². The van der Waals surface area contributed by atoms with Crippen LogP contribution < -0.4 is 15.4 Å². The van der Waals surface area contributed by atoms with E-state index in [1.807, 2.05) is 26.0 Å². The van der Waals surface area contributed by atoms with Gasteiger partial charge in [-0.25, -0.2) is 4.39 Å². The molecule has 0 heterocycles. The van der Waals surface area contributed by atoms with Gasteiger partial charge in [-0.15, -0.1) is 0 Å². The third-order valence-corrected chi connectivity index (χ3v) is 4.25. The number of halogens is 1. The minimum atomic E-state index is -0.690. The van der Waals surface area contributed by atoms with E-state index in [1.165, 1.54) is 19.2 Å². The van der Waals surface area contributed by atoms with Crippen LogP contribution >= 0.6 is 0 Å². The molecule has 0 radical (unpaired) electrons. The number of carbonyl (C=O) groups excluding carboxylic acids is 3. The van der Waals surface area contributed by atoms with E-state index in [1.54, 1.807) is 6.07 Å². The van der Waals surface area contributed by atoms with Crippen molar-refractivity contribution in [2.45, 2.75) is 20.3 Å². The first kappa shape index (κ1) is 21.9. The van der Waals surface area contributed by atoms with Crippen LogP contribution in [0.1, 0.15) is 16.7 Å². The highest BCUT2D eigenvalue weighted by Gasteiger charge is 2.12. The number of methoxy groups -OCH3 is 1. The van der Waals surface area contributed by atoms with Gasteiger partial charge in [-0.1, -0.05) is 18.2 Å². The van der Waals surface area contributed by atoms with Crippen molar-refractivity contribution in [3.63, 3.8) is 0 Å². The summed E-state index contributed by atoms with van der Waals surface area (Å²) in [6.45, 7) is 3.03. The van der Waals surface area contributed by atoms with E-state index in [0.29, 0.717) is 11.3 Å². The van der Waals surface area contributed by atoms with Crippen LogP contribution in [0, 0.1) is 19.7 Å². The summed E-state index contributed by atoms with van der Waals surface area (Å²) in [6, 6.07) is 9.62. The summed E-state index contributed by atoms with van der Waals surface area (Å²) < 4.78 is 23.3. The van der Waals surface area contributed by atoms with Crippen molar-refractivity contribution in [2.75, 3.05) is 25.6 Å². The van der Waals surface area contributed by atoms with E-state index in [-0.39, 0.29) is 18.7 Å². The molecule has 2 aromatic rings. The van der Waals surface area contributed by atoms with Crippen molar-refractivity contribution in [1.82, 2.24) is 5.32 Å². The largest absolute Gasteiger partial charge is 0.494 e. The lowest BCUT2D eigenvalue weighted by atomic mass is 10.1. The Morgan fingerprint density at radius 3 is 2.52 bits per heavy atom. The van der Waals surface area contributed by atoms with Crippen LogP contribution in [0.2, 0.25) is 0 Å². The van der Waals surface area contributed by atoms with Gasteiger partial charge in [0.2, 0.25) is 5.91 Å². The van der Waals surface area contributed by atoms with Crippen molar-refractivity contribution < 1.29 is 28.2 Å². The molecule has 29 heavy (non-hydrogen) atoms. The molecule has 0 unspecified atom stereocenters. The van der Waals surface area contributed by atoms with Crippen LogP contribution in [-0.2, 0) is 25.5 Å². The zero-order valence-electron chi connectivity index (χ0n) is 16.5. The fourth-order valence-corrected chi connectivity index (χ4v) is 2.49. The second kappa shape index (κ2) is 10.2. The summed E-state index contributed by atoms with van der Waals surface area (Å²) >= 11 is 0. The molecule has 0 bridgehead atoms. The monoisotopic (exact) mass is 402 g/mol. The summed E-state index contributed by atoms with van der Waals surface area (Å²) in [5, 5.41) is 5.09. The molecule has 7 nitrogen and oxygen atoms in total. The second-order valence-corrected chi connectivity index (χ2v) is 6.38. The molecule has 154 valence electrons. The van der Waals surface area contributed by atoms with Gasteiger partial charge in [-0.2, -0.15) is 0 Å². The lowest BCUT2D eigenvalue weighted by molar-refractivity contribution is -0.147. The first-order valence-electron chi connectivity index (χ1n) is 8.91. The van der Waals surface area contributed by atoms with E-state index < -0.39 is 30.2 Å². The molecule has 0 aliphatic rings. The Kier molecular flexibility index (Phi) is 7.70. The van der Waals surface area contributed by atoms with Gasteiger partial charge in [0.15, 0.2) is 18.2 Å². The third-order valence-electron chi connectivity index (χ3n) is 4.25. The van der Waals surface area contributed by atoms with E-state index in [9.17, 15) is 18.8 Å². The number of rotatable bonds is 8. The fraction of sp³-hybridized carbons (Fsp3) is 0.286. The molecule has 0 fully saturated rings. The minimum Gasteiger partial charge on any atom is -0.494 e. The minimum absolute atomic E-state index is 0.0700. The molecule has 0 aliphatic heterocycles. The Balaban J connectivity index is 1.73. The molecule has 0 saturated heterocycles. The Labute approximate surface area is 168 Å². The zero-order valence-corrected chi connectivity index (χ0v) is 16.5. The van der Waals surface area contributed by atoms with Crippen LogP contribution in [0.5, 0.6) is 5.75 Å². The molecule has 0 spiro atoms. The van der Waals surface area contributed by atoms with Gasteiger partial charge < -0.3 is 20.1 Å². The molecule has 8 heteroatoms. The first-order valence-corrected chi connectivity index (χ1v) is 8.91. The van der Waals surface area contributed by atoms with Crippen LogP contribution in [0.15, 0.2) is 36.4 Å². The molecule has 2 rings (SSSR count). The quantitative estimate of drug-likeness (QED) is 0.661. The molecular weight excluding hydrogens is 379 g/mol. The van der Waals surface area contributed by atoms with Gasteiger partial charge in [0.25, 0.3) is 5.91 Å². The summed E-state index contributed by atoms with van der Waals surface area (Å²) in [7, 11) is 1.34. The van der Waals surface area contributed by atoms with Gasteiger partial charge in [-0.3, -0.25) is 14.4 Å². The highest BCUT2D eigenvalue weighted by Crippen LogP contribution is 2.18. The van der Waals surface area contributed by atoms with E-state index >= 15 is 0 Å². The zero-order chi connectivity index (χ0) is 21.4. The Morgan fingerprint density at radius 2 is 1.83 bits per heavy atom. The third kappa shape index (κ3) is 6.60. The van der Waals surface area contributed by atoms with E-state index in [0.717, 1.165) is 17.2 Å². The number of benzene rings is 2. The number of anilines is 1. The number of hydrogen-bond donors (Lipinski definition) is 2. The van der Waals surface area contributed by atoms with Gasteiger partial charge >= 0.3 is 5.97 Å². The molecule has 0 atom stereocenters. The number of amides is 2. The predicted octanol–water partition coefficient (Wildman–Crippen LogP) is 2.29. The molecule has 0 aliphatic carbocycles. The van der Waals surface area contributed by atoms with Crippen molar-refractivity contribution in [3.05, 3.63) is 58.9 Å². The van der Waals surface area contributed by atoms with Gasteiger partial charge in [0.05, 0.1) is 20.1 Å². The average molecular weight is 402 g/mol. The maximum absolute atomic E-state index is 13.6. The Bertz CT molecular complexity index is 914. The van der Waals surface area contributed by atoms with Gasteiger partial charge in [0, 0.05) is 5.69 Å². The molecule has 2 N–H and O–H groups in total. The molecular formula is C21H23FN2O5. The number of hydrogen-bond acceptors (Lipinski definition) is 5. The number of ether oxygens (including phenoxy) is 2. The normalized spacial score (nSPS) is 10.2. The number of esters is 1. The molecule has 0 saturated carbocycles. The maximum Gasteiger partial charge on any atom is 0.310 e. The lowest BCUT2D eigenvalue weighted by Gasteiger charge is -2.11. The SMILES string of the molecule is COc1ccc(CC(=O)OCC(=O)NCC(=O)Nc2cccc(C)c2C)cc1F. The Hall–Kier alpha value is -3.42. The summed E-state index contributed by atoms with van der Waals surface area (Å²) in [5.41, 5.74) is 3.04. The fourth-order valence-electron chi connectivity index (χ4n) is 2.49. The lowest BCUT2D eigenvalue weighted by Crippen LogP contribution is -2.35. The van der Waals surface area contributed by atoms with Crippen LogP contribution in [0.3, 0.4) is 0 Å². The van der Waals surface area contributed by atoms with Gasteiger partial charge in [0.1, 0.15) is 0 Å². The summed E-state index contributed by atoms with van der Waals surface area (Å²) in [5.74, 6) is -2.22. The predicted molar refractivity (Wildman–Crippen MR) is 105 cm³/mol. The standard InChI is InChI=1S/C21H23FN2O5/c1-13-5-4-6-17(14(13)2)24-19(25)11-23-20(26)12-29-21(27)10-15-7-8-18(28-3)16(22)9-15/h4-9H,10-12H2,1-3H3,(H,23,26)(H,24,25). The van der Waals surface area contributed by atoms with Crippen LogP contribution in [-0.4, -0.2) is 38.0 Å². The molecule has 2 aromatic carbocycles. The Morgan fingerprint density at radius 1 is 1.07 bits per heavy atom. The molecule has 0 aromatic heterocycles. The second-order valence-electron chi connectivity index (χ2n) is 6.38. The summed E-state index contributed by atoms with van der Waals surface area (Å²) in [4.78, 5) is 35.5. The van der Waals surface area contributed by atoms with Crippen LogP contribution in [0.25, 0.3) is 0 Å². The average Bonchev–Trinajstić information content (AvgIpc) is 2.68. The number of carbonyl (C=O) groups is 3. The number of nitrogens with one attached hydrogen (secondary N) is 2. The van der Waals surface area contributed by atoms with E-state index in [2.05, 4.69) is 10.6 Å². The number of aryl methyl sites for hydroxylation is 1. The maximum atomic E-state index is 13.6. The van der Waals surface area contributed by atoms with Crippen LogP contribution in [0.4, 0.5) is 10.1 Å². The van der Waals surface area contributed by atoms with E-state index in [4.69, 9.17) is 9.47 Å². The van der Waals surface area contributed by atoms with Crippen molar-refractivity contribution >= 4 is 23.5 Å². The van der Waals surface area contributed by atoms with Gasteiger partial charge in [-0.05, 0) is 48.7 Å². The highest BCUT2D eigenvalue weighted by atomic mass is 19.1. The first-order chi connectivity index (χ1) is 13.8. The highest BCUT2D eigenvalue weighted by molar-refractivity contribution is 5.95. The smallest absolute Gasteiger partial charge is 0.310 e. The van der Waals surface area contributed by atoms with Crippen molar-refractivity contribution in [1.29, 1.82) is 0 Å².